The van der Waals surface area contributed by atoms with Crippen molar-refractivity contribution in [2.75, 3.05) is 25.0 Å². The summed E-state index contributed by atoms with van der Waals surface area (Å²) in [6.07, 6.45) is 0. The van der Waals surface area contributed by atoms with E-state index < -0.39 is 0 Å². The number of nitrogen functional groups attached to an aromatic ring is 1. The molecular formula is C9H11N3O. The van der Waals surface area contributed by atoms with Crippen LogP contribution in [0.1, 0.15) is 5.56 Å². The summed E-state index contributed by atoms with van der Waals surface area (Å²) in [6.45, 7) is 0. The summed E-state index contributed by atoms with van der Waals surface area (Å²) in [4.78, 5) is 4.96. The third kappa shape index (κ3) is 1.89. The van der Waals surface area contributed by atoms with Crippen LogP contribution in [0.3, 0.4) is 0 Å². The molecule has 0 amide bonds. The fourth-order valence-corrected chi connectivity index (χ4v) is 1.02. The lowest BCUT2D eigenvalue weighted by Gasteiger charge is -2.16. The molecule has 0 bridgehead atoms. The van der Waals surface area contributed by atoms with Gasteiger partial charge in [0.05, 0.1) is 18.4 Å². The lowest BCUT2D eigenvalue weighted by atomic mass is 10.2. The van der Waals surface area contributed by atoms with Gasteiger partial charge in [0, 0.05) is 12.7 Å². The minimum atomic E-state index is 0.504. The zero-order valence-corrected chi connectivity index (χ0v) is 7.61. The van der Waals surface area contributed by atoms with Gasteiger partial charge in [0.2, 0.25) is 0 Å². The van der Waals surface area contributed by atoms with Crippen molar-refractivity contribution < 1.29 is 4.84 Å². The first kappa shape index (κ1) is 9.36. The summed E-state index contributed by atoms with van der Waals surface area (Å²) in [6, 6.07) is 7.14. The number of rotatable bonds is 2. The van der Waals surface area contributed by atoms with Crippen molar-refractivity contribution >= 4 is 11.4 Å². The molecule has 1 rings (SSSR count). The van der Waals surface area contributed by atoms with E-state index in [2.05, 4.69) is 0 Å². The van der Waals surface area contributed by atoms with E-state index in [0.717, 1.165) is 0 Å². The molecule has 0 aliphatic carbocycles. The Morgan fingerprint density at radius 1 is 1.54 bits per heavy atom. The Balaban J connectivity index is 3.15. The van der Waals surface area contributed by atoms with E-state index in [-0.39, 0.29) is 0 Å². The predicted octanol–water partition coefficient (Wildman–Crippen LogP) is 1.14. The second-order valence-corrected chi connectivity index (χ2v) is 2.57. The van der Waals surface area contributed by atoms with Gasteiger partial charge in [-0.25, -0.2) is 0 Å². The third-order valence-corrected chi connectivity index (χ3v) is 1.75. The Morgan fingerprint density at radius 3 is 2.77 bits per heavy atom. The molecule has 2 N–H and O–H groups in total. The number of hydroxylamine groups is 1. The van der Waals surface area contributed by atoms with Crippen LogP contribution in [0.4, 0.5) is 11.4 Å². The molecule has 4 nitrogen and oxygen atoms in total. The summed E-state index contributed by atoms with van der Waals surface area (Å²) in [5.41, 5.74) is 7.32. The monoisotopic (exact) mass is 177 g/mol. The van der Waals surface area contributed by atoms with Gasteiger partial charge in [-0.2, -0.15) is 5.26 Å². The Bertz CT molecular complexity index is 343. The van der Waals surface area contributed by atoms with Crippen LogP contribution >= 0.6 is 0 Å². The van der Waals surface area contributed by atoms with Gasteiger partial charge in [-0.1, -0.05) is 0 Å². The van der Waals surface area contributed by atoms with Crippen molar-refractivity contribution in [3.8, 4) is 6.07 Å². The SMILES string of the molecule is CON(C)c1ccc(N)cc1C#N. The number of nitrogens with two attached hydrogens (primary N) is 1. The average molecular weight is 177 g/mol. The van der Waals surface area contributed by atoms with Crippen LogP contribution in [0.2, 0.25) is 0 Å². The molecule has 0 aromatic heterocycles. The van der Waals surface area contributed by atoms with Crippen LogP contribution in [-0.4, -0.2) is 14.2 Å². The van der Waals surface area contributed by atoms with Crippen LogP contribution in [0.5, 0.6) is 0 Å². The topological polar surface area (TPSA) is 62.3 Å². The number of anilines is 2. The second kappa shape index (κ2) is 3.78. The molecule has 0 aliphatic rings. The summed E-state index contributed by atoms with van der Waals surface area (Å²) in [5, 5.41) is 10.3. The highest BCUT2D eigenvalue weighted by Gasteiger charge is 2.06. The molecule has 0 heterocycles. The molecular weight excluding hydrogens is 166 g/mol. The molecule has 0 atom stereocenters. The Morgan fingerprint density at radius 2 is 2.23 bits per heavy atom. The van der Waals surface area contributed by atoms with Crippen molar-refractivity contribution in [3.05, 3.63) is 23.8 Å². The van der Waals surface area contributed by atoms with Gasteiger partial charge >= 0.3 is 0 Å². The van der Waals surface area contributed by atoms with E-state index in [4.69, 9.17) is 15.8 Å². The number of hydrogen-bond donors (Lipinski definition) is 1. The van der Waals surface area contributed by atoms with Gasteiger partial charge in [-0.05, 0) is 18.2 Å². The standard InChI is InChI=1S/C9H11N3O/c1-12(13-2)9-4-3-8(11)5-7(9)6-10/h3-5H,11H2,1-2H3. The van der Waals surface area contributed by atoms with Crippen molar-refractivity contribution in [2.24, 2.45) is 0 Å². The van der Waals surface area contributed by atoms with Crippen LogP contribution in [-0.2, 0) is 4.84 Å². The van der Waals surface area contributed by atoms with Crippen molar-refractivity contribution in [1.82, 2.24) is 0 Å². The van der Waals surface area contributed by atoms with E-state index >= 15 is 0 Å². The molecule has 1 aromatic rings. The van der Waals surface area contributed by atoms with E-state index in [1.54, 1.807) is 25.2 Å². The molecule has 68 valence electrons. The molecule has 4 heteroatoms. The highest BCUT2D eigenvalue weighted by atomic mass is 16.7. The van der Waals surface area contributed by atoms with Gasteiger partial charge in [-0.15, -0.1) is 0 Å². The molecule has 13 heavy (non-hydrogen) atoms. The summed E-state index contributed by atoms with van der Waals surface area (Å²) < 4.78 is 0. The van der Waals surface area contributed by atoms with Gasteiger partial charge in [0.1, 0.15) is 6.07 Å². The largest absolute Gasteiger partial charge is 0.399 e. The van der Waals surface area contributed by atoms with Gasteiger partial charge in [0.15, 0.2) is 0 Å². The second-order valence-electron chi connectivity index (χ2n) is 2.57. The van der Waals surface area contributed by atoms with Crippen LogP contribution in [0.15, 0.2) is 18.2 Å². The number of hydrogen-bond acceptors (Lipinski definition) is 4. The van der Waals surface area contributed by atoms with Crippen LogP contribution < -0.4 is 10.8 Å². The van der Waals surface area contributed by atoms with Crippen LogP contribution in [0.25, 0.3) is 0 Å². The molecule has 1 aromatic carbocycles. The van der Waals surface area contributed by atoms with Crippen molar-refractivity contribution in [1.29, 1.82) is 5.26 Å². The number of nitrogens with zero attached hydrogens (tertiary/aromatic N) is 2. The van der Waals surface area contributed by atoms with Gasteiger partial charge in [-0.3, -0.25) is 9.90 Å². The zero-order chi connectivity index (χ0) is 9.84. The van der Waals surface area contributed by atoms with E-state index in [1.807, 2.05) is 6.07 Å². The Hall–Kier alpha value is -1.73. The first-order chi connectivity index (χ1) is 6.19. The van der Waals surface area contributed by atoms with E-state index in [1.165, 1.54) is 12.2 Å². The van der Waals surface area contributed by atoms with E-state index in [9.17, 15) is 0 Å². The fraction of sp³-hybridized carbons (Fsp3) is 0.222. The normalized spacial score (nSPS) is 9.31. The molecule has 0 saturated heterocycles. The first-order valence-electron chi connectivity index (χ1n) is 3.76. The summed E-state index contributed by atoms with van der Waals surface area (Å²) in [5.74, 6) is 0. The molecule has 0 radical (unpaired) electrons. The maximum atomic E-state index is 8.80. The Labute approximate surface area is 77.1 Å². The van der Waals surface area contributed by atoms with Gasteiger partial charge in [0.25, 0.3) is 0 Å². The third-order valence-electron chi connectivity index (χ3n) is 1.75. The lowest BCUT2D eigenvalue weighted by molar-refractivity contribution is 0.184. The fourth-order valence-electron chi connectivity index (χ4n) is 1.02. The lowest BCUT2D eigenvalue weighted by Crippen LogP contribution is -2.15. The minimum absolute atomic E-state index is 0.504. The number of nitriles is 1. The maximum Gasteiger partial charge on any atom is 0.101 e. The highest BCUT2D eigenvalue weighted by molar-refractivity contribution is 5.62. The van der Waals surface area contributed by atoms with Crippen molar-refractivity contribution in [2.45, 2.75) is 0 Å². The minimum Gasteiger partial charge on any atom is -0.399 e. The quantitative estimate of drug-likeness (QED) is 0.543. The van der Waals surface area contributed by atoms with Crippen LogP contribution in [0, 0.1) is 11.3 Å². The molecule has 0 fully saturated rings. The molecule has 0 spiro atoms. The predicted molar refractivity (Wildman–Crippen MR) is 51.0 cm³/mol. The summed E-state index contributed by atoms with van der Waals surface area (Å²) >= 11 is 0. The van der Waals surface area contributed by atoms with Gasteiger partial charge < -0.3 is 5.73 Å². The smallest absolute Gasteiger partial charge is 0.101 e. The first-order valence-corrected chi connectivity index (χ1v) is 3.76. The maximum absolute atomic E-state index is 8.80. The highest BCUT2D eigenvalue weighted by Crippen LogP contribution is 2.20. The molecule has 0 unspecified atom stereocenters. The average Bonchev–Trinajstić information content (AvgIpc) is 2.16. The summed E-state index contributed by atoms with van der Waals surface area (Å²) in [7, 11) is 3.27. The number of benzene rings is 1. The zero-order valence-electron chi connectivity index (χ0n) is 7.61. The van der Waals surface area contributed by atoms with E-state index in [0.29, 0.717) is 16.9 Å². The Kier molecular flexibility index (Phi) is 2.72. The molecule has 0 aliphatic heterocycles. The van der Waals surface area contributed by atoms with Crippen molar-refractivity contribution in [3.63, 3.8) is 0 Å². The molecule has 0 saturated carbocycles.